The molecule has 30 heavy (non-hydrogen) atoms. The lowest BCUT2D eigenvalue weighted by Gasteiger charge is -2.29. The third-order valence-corrected chi connectivity index (χ3v) is 3.59. The summed E-state index contributed by atoms with van der Waals surface area (Å²) in [6.07, 6.45) is 8.74. The Balaban J connectivity index is 0.00000125. The first-order valence-electron chi connectivity index (χ1n) is 10.7. The molecule has 0 saturated carbocycles. The zero-order chi connectivity index (χ0) is 23.2. The fourth-order valence-corrected chi connectivity index (χ4v) is 2.44. The predicted molar refractivity (Wildman–Crippen MR) is 124 cm³/mol. The Morgan fingerprint density at radius 3 is 1.97 bits per heavy atom. The largest absolute Gasteiger partial charge is 0.419 e. The first kappa shape index (κ1) is 27.4. The molecule has 0 aliphatic carbocycles. The van der Waals surface area contributed by atoms with Crippen LogP contribution >= 0.6 is 0 Å². The van der Waals surface area contributed by atoms with E-state index < -0.39 is 17.7 Å². The smallest absolute Gasteiger partial charge is 0.348 e. The second-order valence-corrected chi connectivity index (χ2v) is 7.73. The number of allylic oxidation sites excluding steroid dienone is 4. The van der Waals surface area contributed by atoms with E-state index in [1.165, 1.54) is 13.8 Å². The molecule has 0 amide bonds. The Labute approximate surface area is 182 Å². The van der Waals surface area contributed by atoms with Gasteiger partial charge in [0.2, 0.25) is 0 Å². The van der Waals surface area contributed by atoms with Crippen LogP contribution in [0.5, 0.6) is 0 Å². The van der Waals surface area contributed by atoms with Crippen molar-refractivity contribution in [2.75, 3.05) is 0 Å². The van der Waals surface area contributed by atoms with Crippen molar-refractivity contribution in [2.45, 2.75) is 73.0 Å². The number of carbonyl (C=O) groups excluding carboxylic acids is 2. The Bertz CT molecular complexity index is 687. The number of benzene rings is 1. The van der Waals surface area contributed by atoms with Gasteiger partial charge in [0.05, 0.1) is 0 Å². The van der Waals surface area contributed by atoms with Crippen LogP contribution in [0, 0.1) is 5.92 Å². The zero-order valence-corrected chi connectivity index (χ0v) is 19.6. The van der Waals surface area contributed by atoms with Crippen LogP contribution in [0.2, 0.25) is 0 Å². The minimum atomic E-state index is -1.21. The van der Waals surface area contributed by atoms with Gasteiger partial charge in [0.1, 0.15) is 5.57 Å². The van der Waals surface area contributed by atoms with Gasteiger partial charge in [0, 0.05) is 19.8 Å². The van der Waals surface area contributed by atoms with Gasteiger partial charge in [0.15, 0.2) is 0 Å². The van der Waals surface area contributed by atoms with Crippen molar-refractivity contribution in [1.29, 1.82) is 0 Å². The lowest BCUT2D eigenvalue weighted by atomic mass is 9.93. The number of cyclic esters (lactones) is 2. The molecule has 0 unspecified atom stereocenters. The van der Waals surface area contributed by atoms with Crippen molar-refractivity contribution < 1.29 is 19.1 Å². The molecule has 2 rings (SSSR count). The van der Waals surface area contributed by atoms with E-state index in [1.54, 1.807) is 6.08 Å². The highest BCUT2D eigenvalue weighted by Gasteiger charge is 2.38. The highest BCUT2D eigenvalue weighted by molar-refractivity contribution is 6.15. The van der Waals surface area contributed by atoms with E-state index in [2.05, 4.69) is 33.4 Å². The lowest BCUT2D eigenvalue weighted by Crippen LogP contribution is -2.41. The monoisotopic (exact) mass is 414 g/mol. The van der Waals surface area contributed by atoms with Gasteiger partial charge < -0.3 is 9.47 Å². The van der Waals surface area contributed by atoms with Gasteiger partial charge in [-0.3, -0.25) is 0 Å². The van der Waals surface area contributed by atoms with Gasteiger partial charge in [-0.1, -0.05) is 89.3 Å². The van der Waals surface area contributed by atoms with Gasteiger partial charge in [-0.25, -0.2) is 9.59 Å². The quantitative estimate of drug-likeness (QED) is 0.224. The average Bonchev–Trinajstić information content (AvgIpc) is 2.67. The van der Waals surface area contributed by atoms with Crippen LogP contribution in [0.15, 0.2) is 66.8 Å². The normalized spacial score (nSPS) is 15.8. The van der Waals surface area contributed by atoms with Crippen LogP contribution in [0.3, 0.4) is 0 Å². The summed E-state index contributed by atoms with van der Waals surface area (Å²) in [5.41, 5.74) is 1.06. The third-order valence-electron chi connectivity index (χ3n) is 3.59. The van der Waals surface area contributed by atoms with Crippen LogP contribution in [-0.2, 0) is 19.1 Å². The van der Waals surface area contributed by atoms with E-state index in [9.17, 15) is 9.59 Å². The molecule has 1 heterocycles. The molecule has 166 valence electrons. The molecule has 4 nitrogen and oxygen atoms in total. The van der Waals surface area contributed by atoms with E-state index in [-0.39, 0.29) is 11.5 Å². The number of hydrogen-bond acceptors (Lipinski definition) is 4. The molecule has 1 saturated heterocycles. The fourth-order valence-electron chi connectivity index (χ4n) is 2.44. The highest BCUT2D eigenvalue weighted by Crippen LogP contribution is 2.26. The highest BCUT2D eigenvalue weighted by atomic mass is 16.7. The van der Waals surface area contributed by atoms with Crippen LogP contribution in [0.25, 0.3) is 0 Å². The maximum Gasteiger partial charge on any atom is 0.348 e. The molecule has 1 aliphatic heterocycles. The van der Waals surface area contributed by atoms with E-state index in [0.717, 1.165) is 17.9 Å². The van der Waals surface area contributed by atoms with Gasteiger partial charge >= 0.3 is 11.9 Å². The van der Waals surface area contributed by atoms with Crippen LogP contribution in [-0.4, -0.2) is 17.7 Å². The molecule has 0 N–H and O–H groups in total. The molecule has 1 aliphatic rings. The number of rotatable bonds is 6. The van der Waals surface area contributed by atoms with Crippen molar-refractivity contribution in [3.8, 4) is 0 Å². The van der Waals surface area contributed by atoms with Crippen molar-refractivity contribution in [3.63, 3.8) is 0 Å². The van der Waals surface area contributed by atoms with Crippen molar-refractivity contribution >= 4 is 11.9 Å². The summed E-state index contributed by atoms with van der Waals surface area (Å²) in [6.45, 7) is 17.3. The SMILES string of the molecule is C=CC/C=C/[C@H](CC=C1C(=O)OC(C)(C)OC1=O)c1ccccc1.CC.CC(C)C. The summed E-state index contributed by atoms with van der Waals surface area (Å²) in [6, 6.07) is 9.90. The summed E-state index contributed by atoms with van der Waals surface area (Å²) in [7, 11) is 0. The minimum absolute atomic E-state index is 0.0487. The number of ether oxygens (including phenoxy) is 2. The maximum atomic E-state index is 12.0. The summed E-state index contributed by atoms with van der Waals surface area (Å²) in [5.74, 6) is -1.61. The number of hydrogen-bond donors (Lipinski definition) is 0. The molecule has 1 atom stereocenters. The number of carbonyl (C=O) groups is 2. The van der Waals surface area contributed by atoms with E-state index in [0.29, 0.717) is 6.42 Å². The van der Waals surface area contributed by atoms with Gasteiger partial charge in [-0.05, 0) is 24.3 Å². The third kappa shape index (κ3) is 10.8. The summed E-state index contributed by atoms with van der Waals surface area (Å²) in [4.78, 5) is 24.0. The summed E-state index contributed by atoms with van der Waals surface area (Å²) in [5, 5.41) is 0. The Morgan fingerprint density at radius 1 is 1.00 bits per heavy atom. The molecule has 1 fully saturated rings. The van der Waals surface area contributed by atoms with Gasteiger partial charge in [-0.2, -0.15) is 0 Å². The number of esters is 2. The Morgan fingerprint density at radius 2 is 1.50 bits per heavy atom. The second-order valence-electron chi connectivity index (χ2n) is 7.73. The van der Waals surface area contributed by atoms with Crippen LogP contribution in [0.1, 0.15) is 72.8 Å². The molecule has 0 bridgehead atoms. The lowest BCUT2D eigenvalue weighted by molar-refractivity contribution is -0.222. The van der Waals surface area contributed by atoms with Crippen molar-refractivity contribution in [3.05, 3.63) is 72.4 Å². The Kier molecular flexibility index (Phi) is 13.1. The minimum Gasteiger partial charge on any atom is -0.419 e. The van der Waals surface area contributed by atoms with Crippen LogP contribution in [0.4, 0.5) is 0 Å². The molecule has 0 spiro atoms. The summed E-state index contributed by atoms with van der Waals surface area (Å²) >= 11 is 0. The molecular formula is C26H38O4. The van der Waals surface area contributed by atoms with Crippen molar-refractivity contribution in [2.24, 2.45) is 5.92 Å². The van der Waals surface area contributed by atoms with E-state index >= 15 is 0 Å². The van der Waals surface area contributed by atoms with Crippen LogP contribution < -0.4 is 0 Å². The average molecular weight is 415 g/mol. The standard InChI is InChI=1S/C20H22O4.C4H10.C2H6/c1-4-5-7-10-16(15-11-8-6-9-12-15)13-14-17-18(21)23-20(2,3)24-19(17)22;1-4(2)3;1-2/h4,6-12,14,16H,1,5,13H2,2-3H3;4H,1-3H3;1-2H3/b10-7+;;/t16-;;/m1../s1. The van der Waals surface area contributed by atoms with Crippen molar-refractivity contribution in [1.82, 2.24) is 0 Å². The Hall–Kier alpha value is -2.62. The van der Waals surface area contributed by atoms with Gasteiger partial charge in [-0.15, -0.1) is 6.58 Å². The molecule has 0 radical (unpaired) electrons. The zero-order valence-electron chi connectivity index (χ0n) is 19.6. The molecular weight excluding hydrogens is 376 g/mol. The molecule has 1 aromatic carbocycles. The first-order chi connectivity index (χ1) is 14.2. The molecule has 4 heteroatoms. The molecule has 0 aromatic heterocycles. The topological polar surface area (TPSA) is 52.6 Å². The maximum absolute atomic E-state index is 12.0. The van der Waals surface area contributed by atoms with E-state index in [4.69, 9.17) is 9.47 Å². The fraction of sp³-hybridized carbons (Fsp3) is 0.462. The van der Waals surface area contributed by atoms with E-state index in [1.807, 2.05) is 56.3 Å². The summed E-state index contributed by atoms with van der Waals surface area (Å²) < 4.78 is 10.2. The molecule has 1 aromatic rings. The van der Waals surface area contributed by atoms with Gasteiger partial charge in [0.25, 0.3) is 5.79 Å². The first-order valence-corrected chi connectivity index (χ1v) is 10.7. The second kappa shape index (κ2) is 14.4. The predicted octanol–water partition coefficient (Wildman–Crippen LogP) is 6.74.